The maximum absolute atomic E-state index is 5.88. The van der Waals surface area contributed by atoms with Gasteiger partial charge in [0.05, 0.1) is 6.10 Å². The summed E-state index contributed by atoms with van der Waals surface area (Å²) in [5.74, 6) is 0. The highest BCUT2D eigenvalue weighted by Crippen LogP contribution is 2.65. The average molecular weight is 656 g/mol. The van der Waals surface area contributed by atoms with E-state index in [-0.39, 0.29) is 12.6 Å². The minimum Gasteiger partial charge on any atom is -0.367 e. The van der Waals surface area contributed by atoms with Gasteiger partial charge >= 0.3 is 0 Å². The van der Waals surface area contributed by atoms with Gasteiger partial charge in [-0.2, -0.15) is 0 Å². The van der Waals surface area contributed by atoms with Crippen molar-refractivity contribution in [2.75, 3.05) is 0 Å². The van der Waals surface area contributed by atoms with Crippen LogP contribution in [0.3, 0.4) is 0 Å². The highest BCUT2D eigenvalue weighted by atomic mass is 79.9. The van der Waals surface area contributed by atoms with Crippen LogP contribution in [0.5, 0.6) is 0 Å². The van der Waals surface area contributed by atoms with E-state index >= 15 is 0 Å². The van der Waals surface area contributed by atoms with E-state index in [1.807, 2.05) is 0 Å². The topological polar surface area (TPSA) is 12.5 Å². The number of fused-ring (bicyclic) bond motifs is 1. The zero-order valence-corrected chi connectivity index (χ0v) is 19.8. The smallest absolute Gasteiger partial charge is 0.136 e. The predicted octanol–water partition coefficient (Wildman–Crippen LogP) is 6.96. The Labute approximate surface area is 165 Å². The molecule has 1 aliphatic heterocycles. The molecule has 1 saturated heterocycles. The first-order valence-electron chi connectivity index (χ1n) is 6.49. The minimum absolute atomic E-state index is 0.167. The third-order valence-corrected chi connectivity index (χ3v) is 14.7. The molecule has 112 valence electrons. The van der Waals surface area contributed by atoms with E-state index in [0.29, 0.717) is 6.10 Å². The van der Waals surface area contributed by atoms with Gasteiger partial charge in [0.1, 0.15) is 15.8 Å². The van der Waals surface area contributed by atoms with Crippen LogP contribution in [0.1, 0.15) is 44.9 Å². The lowest BCUT2D eigenvalue weighted by atomic mass is 10.0. The summed E-state index contributed by atoms with van der Waals surface area (Å²) in [6, 6.07) is 0. The lowest BCUT2D eigenvalue weighted by Crippen LogP contribution is -2.51. The minimum atomic E-state index is -0.404. The molecule has 0 radical (unpaired) electrons. The monoisotopic (exact) mass is 650 g/mol. The fourth-order valence-corrected chi connectivity index (χ4v) is 7.06. The Morgan fingerprint density at radius 1 is 0.789 bits per heavy atom. The summed E-state index contributed by atoms with van der Waals surface area (Å²) in [6.45, 7) is 0. The second kappa shape index (κ2) is 6.76. The first-order valence-corrected chi connectivity index (χ1v) is 11.2. The summed E-state index contributed by atoms with van der Waals surface area (Å²) in [6.07, 6.45) is 9.07. The molecule has 2 atom stereocenters. The molecule has 0 N–H and O–H groups in total. The Bertz CT molecular complexity index is 330. The number of rotatable bonds is 0. The zero-order valence-electron chi connectivity index (χ0n) is 10.3. The van der Waals surface area contributed by atoms with E-state index in [2.05, 4.69) is 95.6 Å². The number of ether oxygens (including phenoxy) is 1. The van der Waals surface area contributed by atoms with E-state index in [9.17, 15) is 0 Å². The quantitative estimate of drug-likeness (QED) is 0.203. The molecule has 1 aliphatic carbocycles. The molecule has 2 fully saturated rings. The Kier molecular flexibility index (Phi) is 6.47. The number of hydrogen-bond acceptors (Lipinski definition) is 1. The van der Waals surface area contributed by atoms with Crippen molar-refractivity contribution in [1.82, 2.24) is 0 Å². The Morgan fingerprint density at radius 2 is 1.37 bits per heavy atom. The summed E-state index contributed by atoms with van der Waals surface area (Å²) in [5.41, 5.74) is 0. The van der Waals surface area contributed by atoms with E-state index in [4.69, 9.17) is 4.74 Å². The van der Waals surface area contributed by atoms with Crippen LogP contribution < -0.4 is 0 Å². The molecule has 0 aromatic heterocycles. The Balaban J connectivity index is 2.20. The average Bonchev–Trinajstić information content (AvgIpc) is 3.06. The largest absolute Gasteiger partial charge is 0.367 e. The molecule has 1 saturated carbocycles. The van der Waals surface area contributed by atoms with Crippen molar-refractivity contribution in [1.29, 1.82) is 0 Å². The highest BCUT2D eigenvalue weighted by Gasteiger charge is 2.66. The molecule has 19 heavy (non-hydrogen) atoms. The number of halogens is 6. The lowest BCUT2D eigenvalue weighted by molar-refractivity contribution is 0.349. The fraction of sp³-hybridized carbons (Fsp3) is 1.00. The first-order chi connectivity index (χ1) is 8.70. The van der Waals surface area contributed by atoms with Gasteiger partial charge in [-0.25, -0.2) is 0 Å². The van der Waals surface area contributed by atoms with Crippen molar-refractivity contribution in [2.24, 2.45) is 0 Å². The molecule has 1 nitrogen and oxygen atoms in total. The van der Waals surface area contributed by atoms with Crippen LogP contribution >= 0.6 is 95.6 Å². The van der Waals surface area contributed by atoms with E-state index < -0.39 is 3.23 Å². The molecule has 2 unspecified atom stereocenters. The summed E-state index contributed by atoms with van der Waals surface area (Å²) in [7, 11) is 0. The first kappa shape index (κ1) is 18.2. The molecule has 7 heteroatoms. The van der Waals surface area contributed by atoms with Crippen molar-refractivity contribution in [3.8, 4) is 0 Å². The summed E-state index contributed by atoms with van der Waals surface area (Å²) < 4.78 is 4.85. The van der Waals surface area contributed by atoms with Crippen LogP contribution in [0.15, 0.2) is 0 Å². The maximum atomic E-state index is 5.88. The van der Waals surface area contributed by atoms with Crippen LogP contribution in [0.2, 0.25) is 0 Å². The molecule has 0 spiro atoms. The van der Waals surface area contributed by atoms with Crippen molar-refractivity contribution in [2.45, 2.75) is 66.9 Å². The normalized spacial score (nSPS) is 37.6. The van der Waals surface area contributed by atoms with Gasteiger partial charge in [0.15, 0.2) is 0 Å². The molecule has 2 rings (SSSR count). The standard InChI is InChI=1S/C12H16Br6O/c13-10(14)7-5-3-1-2-4-6-8-9(19-8)11(15,16)12(10,17)18/h8-9H,1-7H2. The summed E-state index contributed by atoms with van der Waals surface area (Å²) >= 11 is 23.0. The second-order valence-corrected chi connectivity index (χ2v) is 16.1. The molecule has 0 amide bonds. The van der Waals surface area contributed by atoms with Crippen molar-refractivity contribution in [3.05, 3.63) is 0 Å². The third-order valence-electron chi connectivity index (χ3n) is 3.80. The molecular weight excluding hydrogens is 640 g/mol. The Morgan fingerprint density at radius 3 is 2.05 bits per heavy atom. The number of alkyl halides is 6. The van der Waals surface area contributed by atoms with Crippen LogP contribution in [0.25, 0.3) is 0 Å². The number of hydrogen-bond donors (Lipinski definition) is 0. The second-order valence-electron chi connectivity index (χ2n) is 5.30. The van der Waals surface area contributed by atoms with Gasteiger partial charge in [0, 0.05) is 0 Å². The predicted molar refractivity (Wildman–Crippen MR) is 103 cm³/mol. The summed E-state index contributed by atoms with van der Waals surface area (Å²) in [5, 5.41) is 0. The maximum Gasteiger partial charge on any atom is 0.136 e. The Hall–Kier alpha value is 2.84. The van der Waals surface area contributed by atoms with Gasteiger partial charge in [0.2, 0.25) is 0 Å². The van der Waals surface area contributed by atoms with Gasteiger partial charge < -0.3 is 4.74 Å². The molecule has 0 bridgehead atoms. The SMILES string of the molecule is BrC1(Br)CCCCCCCC2OC2C(Br)(Br)C1(Br)Br. The molecule has 1 heterocycles. The molecule has 0 aromatic rings. The van der Waals surface area contributed by atoms with Gasteiger partial charge in [-0.1, -0.05) is 128 Å². The van der Waals surface area contributed by atoms with E-state index in [0.717, 1.165) is 12.8 Å². The van der Waals surface area contributed by atoms with Crippen molar-refractivity contribution >= 4 is 95.6 Å². The molecular formula is C12H16Br6O. The van der Waals surface area contributed by atoms with E-state index in [1.54, 1.807) is 0 Å². The van der Waals surface area contributed by atoms with Crippen molar-refractivity contribution < 1.29 is 4.74 Å². The van der Waals surface area contributed by atoms with Gasteiger partial charge in [-0.3, -0.25) is 0 Å². The van der Waals surface area contributed by atoms with Crippen molar-refractivity contribution in [3.63, 3.8) is 0 Å². The van der Waals surface area contributed by atoms with Gasteiger partial charge in [-0.05, 0) is 12.8 Å². The van der Waals surface area contributed by atoms with Crippen LogP contribution in [-0.2, 0) is 4.74 Å². The highest BCUT2D eigenvalue weighted by molar-refractivity contribution is 9.33. The lowest BCUT2D eigenvalue weighted by Gasteiger charge is -2.43. The molecule has 0 aromatic carbocycles. The number of epoxide rings is 1. The molecule has 2 aliphatic rings. The van der Waals surface area contributed by atoms with Crippen LogP contribution in [0, 0.1) is 0 Å². The van der Waals surface area contributed by atoms with Crippen LogP contribution in [0.4, 0.5) is 0 Å². The third kappa shape index (κ3) is 3.85. The van der Waals surface area contributed by atoms with Gasteiger partial charge in [0.25, 0.3) is 0 Å². The van der Waals surface area contributed by atoms with Gasteiger partial charge in [-0.15, -0.1) is 0 Å². The zero-order chi connectivity index (χ0) is 14.3. The summed E-state index contributed by atoms with van der Waals surface area (Å²) in [4.78, 5) is 0. The van der Waals surface area contributed by atoms with Crippen LogP contribution in [-0.4, -0.2) is 21.9 Å². The fourth-order valence-electron chi connectivity index (χ4n) is 2.48. The van der Waals surface area contributed by atoms with E-state index in [1.165, 1.54) is 32.1 Å².